The molecule has 7 aromatic carbocycles. The third-order valence-corrected chi connectivity index (χ3v) is 10.1. The zero-order valence-electron chi connectivity index (χ0n) is 26.2. The van der Waals surface area contributed by atoms with Gasteiger partial charge < -0.3 is 0 Å². The van der Waals surface area contributed by atoms with E-state index in [2.05, 4.69) is 159 Å². The summed E-state index contributed by atoms with van der Waals surface area (Å²) < 4.78 is 0. The van der Waals surface area contributed by atoms with Crippen LogP contribution in [0.1, 0.15) is 48.9 Å². The molecule has 1 aliphatic rings. The number of hydrogen-bond acceptors (Lipinski definition) is 0. The highest BCUT2D eigenvalue weighted by Crippen LogP contribution is 2.50. The molecule has 8 rings (SSSR count). The second-order valence-electron chi connectivity index (χ2n) is 13.2. The van der Waals surface area contributed by atoms with E-state index < -0.39 is 0 Å². The maximum Gasteiger partial charge on any atom is 0.0159 e. The van der Waals surface area contributed by atoms with Gasteiger partial charge in [0.2, 0.25) is 0 Å². The number of hydrogen-bond donors (Lipinski definition) is 0. The molecular formula is C45H38. The Bertz CT molecular complexity index is 2170. The van der Waals surface area contributed by atoms with Crippen LogP contribution in [-0.2, 0) is 18.3 Å². The predicted molar refractivity (Wildman–Crippen MR) is 193 cm³/mol. The van der Waals surface area contributed by atoms with Crippen molar-refractivity contribution in [3.8, 4) is 33.4 Å². The average Bonchev–Trinajstić information content (AvgIpc) is 3.31. The van der Waals surface area contributed by atoms with Gasteiger partial charge in [0.1, 0.15) is 0 Å². The quantitative estimate of drug-likeness (QED) is 0.165. The molecule has 7 aromatic rings. The Morgan fingerprint density at radius 2 is 1.00 bits per heavy atom. The zero-order valence-corrected chi connectivity index (χ0v) is 26.2. The molecule has 0 saturated heterocycles. The van der Waals surface area contributed by atoms with E-state index in [4.69, 9.17) is 0 Å². The molecule has 0 unspecified atom stereocenters. The number of rotatable bonds is 7. The van der Waals surface area contributed by atoms with Gasteiger partial charge in [0.15, 0.2) is 0 Å². The highest BCUT2D eigenvalue weighted by Gasteiger charge is 2.35. The smallest absolute Gasteiger partial charge is 0.0159 e. The van der Waals surface area contributed by atoms with Crippen LogP contribution in [-0.4, -0.2) is 0 Å². The Morgan fingerprint density at radius 1 is 0.422 bits per heavy atom. The van der Waals surface area contributed by atoms with Crippen molar-refractivity contribution in [1.29, 1.82) is 0 Å². The van der Waals surface area contributed by atoms with Crippen LogP contribution in [0.3, 0.4) is 0 Å². The predicted octanol–water partition coefficient (Wildman–Crippen LogP) is 12.2. The Labute approximate surface area is 267 Å². The molecule has 1 aliphatic carbocycles. The number of fused-ring (bicyclic) bond motifs is 5. The van der Waals surface area contributed by atoms with Crippen LogP contribution in [0.2, 0.25) is 0 Å². The summed E-state index contributed by atoms with van der Waals surface area (Å²) in [7, 11) is 0. The van der Waals surface area contributed by atoms with E-state index in [-0.39, 0.29) is 5.41 Å². The summed E-state index contributed by atoms with van der Waals surface area (Å²) in [6.45, 7) is 4.80. The topological polar surface area (TPSA) is 0 Å². The van der Waals surface area contributed by atoms with Crippen LogP contribution < -0.4 is 0 Å². The van der Waals surface area contributed by atoms with Gasteiger partial charge in [-0.05, 0) is 109 Å². The fourth-order valence-corrected chi connectivity index (χ4v) is 7.59. The largest absolute Gasteiger partial charge is 0.0616 e. The minimum Gasteiger partial charge on any atom is -0.0616 e. The molecule has 0 fully saturated rings. The summed E-state index contributed by atoms with van der Waals surface area (Å²) in [6.07, 6.45) is 4.67. The van der Waals surface area contributed by atoms with E-state index in [1.807, 2.05) is 0 Å². The minimum atomic E-state index is -0.0253. The number of benzene rings is 7. The van der Waals surface area contributed by atoms with Crippen LogP contribution in [0.5, 0.6) is 0 Å². The van der Waals surface area contributed by atoms with Gasteiger partial charge in [0.25, 0.3) is 0 Å². The summed E-state index contributed by atoms with van der Waals surface area (Å²) in [4.78, 5) is 0. The molecule has 218 valence electrons. The molecule has 0 radical (unpaired) electrons. The third-order valence-electron chi connectivity index (χ3n) is 10.1. The van der Waals surface area contributed by atoms with Gasteiger partial charge >= 0.3 is 0 Å². The second-order valence-corrected chi connectivity index (χ2v) is 13.2. The highest BCUT2D eigenvalue weighted by atomic mass is 14.4. The lowest BCUT2D eigenvalue weighted by molar-refractivity contribution is 0.658. The average molecular weight is 579 g/mol. The molecule has 0 heteroatoms. The first-order valence-corrected chi connectivity index (χ1v) is 16.4. The van der Waals surface area contributed by atoms with Gasteiger partial charge in [0, 0.05) is 5.41 Å². The third kappa shape index (κ3) is 4.95. The number of unbranched alkanes of at least 4 members (excludes halogenated alkanes) is 1. The van der Waals surface area contributed by atoms with E-state index in [0.717, 1.165) is 12.8 Å². The van der Waals surface area contributed by atoms with Crippen LogP contribution in [0.25, 0.3) is 54.9 Å². The van der Waals surface area contributed by atoms with Crippen molar-refractivity contribution >= 4 is 21.5 Å². The van der Waals surface area contributed by atoms with Crippen LogP contribution in [0, 0.1) is 0 Å². The molecule has 0 saturated carbocycles. The maximum atomic E-state index is 2.49. The lowest BCUT2D eigenvalue weighted by atomic mass is 9.81. The molecule has 0 nitrogen and oxygen atoms in total. The van der Waals surface area contributed by atoms with E-state index in [9.17, 15) is 0 Å². The Morgan fingerprint density at radius 3 is 1.80 bits per heavy atom. The second kappa shape index (κ2) is 11.2. The van der Waals surface area contributed by atoms with Crippen molar-refractivity contribution in [3.05, 3.63) is 168 Å². The Balaban J connectivity index is 0.999. The van der Waals surface area contributed by atoms with E-state index >= 15 is 0 Å². The van der Waals surface area contributed by atoms with Crippen molar-refractivity contribution in [1.82, 2.24) is 0 Å². The molecule has 0 aromatic heterocycles. The van der Waals surface area contributed by atoms with Gasteiger partial charge in [-0.25, -0.2) is 0 Å². The Kier molecular flexibility index (Phi) is 6.87. The van der Waals surface area contributed by atoms with Gasteiger partial charge in [-0.1, -0.05) is 153 Å². The van der Waals surface area contributed by atoms with Crippen molar-refractivity contribution in [2.24, 2.45) is 0 Å². The van der Waals surface area contributed by atoms with Gasteiger partial charge in [0.05, 0.1) is 0 Å². The maximum absolute atomic E-state index is 2.49. The zero-order chi connectivity index (χ0) is 30.4. The SMILES string of the molecule is CC1(C)c2cc(CCCCc3cccc4ccccc34)ccc2-c2ccc(-c3ccc(-c4cccc5ccccc45)cc3)cc21. The lowest BCUT2D eigenvalue weighted by Gasteiger charge is -2.22. The number of aryl methyl sites for hydroxylation is 2. The van der Waals surface area contributed by atoms with Crippen LogP contribution in [0.15, 0.2) is 146 Å². The summed E-state index contributed by atoms with van der Waals surface area (Å²) >= 11 is 0. The fraction of sp³-hybridized carbons (Fsp3) is 0.156. The molecule has 0 spiro atoms. The summed E-state index contributed by atoms with van der Waals surface area (Å²) in [6, 6.07) is 54.1. The van der Waals surface area contributed by atoms with Crippen molar-refractivity contribution in [2.45, 2.75) is 44.9 Å². The van der Waals surface area contributed by atoms with Gasteiger partial charge in [-0.2, -0.15) is 0 Å². The van der Waals surface area contributed by atoms with E-state index in [0.29, 0.717) is 0 Å². The van der Waals surface area contributed by atoms with Crippen molar-refractivity contribution in [3.63, 3.8) is 0 Å². The molecular weight excluding hydrogens is 540 g/mol. The van der Waals surface area contributed by atoms with Crippen LogP contribution in [0.4, 0.5) is 0 Å². The molecule has 45 heavy (non-hydrogen) atoms. The van der Waals surface area contributed by atoms with Crippen molar-refractivity contribution in [2.75, 3.05) is 0 Å². The first-order valence-electron chi connectivity index (χ1n) is 16.4. The summed E-state index contributed by atoms with van der Waals surface area (Å²) in [5.74, 6) is 0. The van der Waals surface area contributed by atoms with Crippen LogP contribution >= 0.6 is 0 Å². The van der Waals surface area contributed by atoms with Crippen molar-refractivity contribution < 1.29 is 0 Å². The molecule has 0 aliphatic heterocycles. The summed E-state index contributed by atoms with van der Waals surface area (Å²) in [5.41, 5.74) is 13.7. The first-order chi connectivity index (χ1) is 22.1. The van der Waals surface area contributed by atoms with E-state index in [1.165, 1.54) is 90.0 Å². The lowest BCUT2D eigenvalue weighted by Crippen LogP contribution is -2.15. The molecule has 0 N–H and O–H groups in total. The standard InChI is InChI=1S/C45H38/c1-45(2)43-29-31(11-3-4-12-33-15-9-16-34-13-5-7-18-38(33)34)21-27-41(43)42-28-26-37(30-44(42)45)32-22-24-36(25-23-32)40-20-10-17-35-14-6-8-19-39(35)40/h5-10,13-30H,3-4,11-12H2,1-2H3. The monoisotopic (exact) mass is 578 g/mol. The molecule has 0 atom stereocenters. The molecule has 0 amide bonds. The Hall–Kier alpha value is -4.94. The highest BCUT2D eigenvalue weighted by molar-refractivity contribution is 5.97. The van der Waals surface area contributed by atoms with E-state index in [1.54, 1.807) is 0 Å². The fourth-order valence-electron chi connectivity index (χ4n) is 7.59. The summed E-state index contributed by atoms with van der Waals surface area (Å²) in [5, 5.41) is 5.33. The minimum absolute atomic E-state index is 0.0253. The normalized spacial score (nSPS) is 13.2. The molecule has 0 heterocycles. The van der Waals surface area contributed by atoms with Gasteiger partial charge in [-0.15, -0.1) is 0 Å². The molecule has 0 bridgehead atoms. The van der Waals surface area contributed by atoms with Gasteiger partial charge in [-0.3, -0.25) is 0 Å². The first kappa shape index (κ1) is 27.6.